The molecule has 0 radical (unpaired) electrons. The van der Waals surface area contributed by atoms with Gasteiger partial charge in [0.1, 0.15) is 16.5 Å². The molecule has 0 saturated carbocycles. The van der Waals surface area contributed by atoms with E-state index in [1.807, 2.05) is 0 Å². The van der Waals surface area contributed by atoms with Gasteiger partial charge in [0.15, 0.2) is 0 Å². The lowest BCUT2D eigenvalue weighted by atomic mass is 10.3. The summed E-state index contributed by atoms with van der Waals surface area (Å²) < 4.78 is 39.1. The average Bonchev–Trinajstić information content (AvgIpc) is 2.33. The van der Waals surface area contributed by atoms with Crippen molar-refractivity contribution in [3.05, 3.63) is 53.3 Å². The van der Waals surface area contributed by atoms with Crippen molar-refractivity contribution in [1.29, 1.82) is 0 Å². The van der Waals surface area contributed by atoms with Crippen molar-refractivity contribution in [3.8, 4) is 5.75 Å². The van der Waals surface area contributed by atoms with Gasteiger partial charge in [-0.05, 0) is 24.3 Å². The molecule has 100 valence electrons. The van der Waals surface area contributed by atoms with Gasteiger partial charge in [-0.2, -0.15) is 0 Å². The fourth-order valence-electron chi connectivity index (χ4n) is 1.45. The molecule has 0 aliphatic heterocycles. The van der Waals surface area contributed by atoms with Gasteiger partial charge >= 0.3 is 0 Å². The number of hydrogen-bond donors (Lipinski definition) is 2. The van der Waals surface area contributed by atoms with Crippen molar-refractivity contribution in [2.24, 2.45) is 0 Å². The average molecular weight is 302 g/mol. The Labute approximate surface area is 114 Å². The first-order chi connectivity index (χ1) is 8.90. The van der Waals surface area contributed by atoms with Gasteiger partial charge in [-0.15, -0.1) is 0 Å². The first kappa shape index (κ1) is 13.6. The van der Waals surface area contributed by atoms with Gasteiger partial charge in [0.2, 0.25) is 0 Å². The van der Waals surface area contributed by atoms with Gasteiger partial charge in [0.25, 0.3) is 10.0 Å². The van der Waals surface area contributed by atoms with Crippen molar-refractivity contribution in [2.45, 2.75) is 4.90 Å². The molecular weight excluding hydrogens is 293 g/mol. The van der Waals surface area contributed by atoms with Crippen LogP contribution in [0, 0.1) is 5.82 Å². The SMILES string of the molecule is O=S(=O)(Nc1ccc(F)cc1O)c1ccccc1Cl. The predicted molar refractivity (Wildman–Crippen MR) is 70.3 cm³/mol. The second-order valence-electron chi connectivity index (χ2n) is 3.70. The Bertz CT molecular complexity index is 719. The Morgan fingerprint density at radius 3 is 2.47 bits per heavy atom. The highest BCUT2D eigenvalue weighted by molar-refractivity contribution is 7.92. The standard InChI is InChI=1S/C12H9ClFNO3S/c13-9-3-1-2-4-12(9)19(17,18)15-10-6-5-8(14)7-11(10)16/h1-7,15-16H. The third-order valence-corrected chi connectivity index (χ3v) is 4.20. The lowest BCUT2D eigenvalue weighted by molar-refractivity contribution is 0.471. The zero-order chi connectivity index (χ0) is 14.0. The van der Waals surface area contributed by atoms with Crippen LogP contribution in [0.3, 0.4) is 0 Å². The van der Waals surface area contributed by atoms with E-state index >= 15 is 0 Å². The molecule has 0 amide bonds. The van der Waals surface area contributed by atoms with Crippen LogP contribution in [-0.4, -0.2) is 13.5 Å². The van der Waals surface area contributed by atoms with E-state index in [4.69, 9.17) is 11.6 Å². The molecule has 7 heteroatoms. The molecule has 0 aliphatic carbocycles. The number of halogens is 2. The van der Waals surface area contributed by atoms with Crippen molar-refractivity contribution in [3.63, 3.8) is 0 Å². The fourth-order valence-corrected chi connectivity index (χ4v) is 3.05. The third-order valence-electron chi connectivity index (χ3n) is 2.33. The second-order valence-corrected chi connectivity index (χ2v) is 5.76. The summed E-state index contributed by atoms with van der Waals surface area (Å²) in [5.41, 5.74) is -0.124. The molecule has 2 N–H and O–H groups in total. The molecule has 4 nitrogen and oxygen atoms in total. The molecule has 0 fully saturated rings. The van der Waals surface area contributed by atoms with Crippen molar-refractivity contribution in [2.75, 3.05) is 4.72 Å². The zero-order valence-corrected chi connectivity index (χ0v) is 11.0. The van der Waals surface area contributed by atoms with E-state index in [1.165, 1.54) is 18.2 Å². The van der Waals surface area contributed by atoms with E-state index in [0.717, 1.165) is 18.2 Å². The van der Waals surface area contributed by atoms with Crippen LogP contribution in [0.4, 0.5) is 10.1 Å². The van der Waals surface area contributed by atoms with E-state index < -0.39 is 21.6 Å². The first-order valence-corrected chi connectivity index (χ1v) is 7.02. The number of benzene rings is 2. The highest BCUT2D eigenvalue weighted by Gasteiger charge is 2.19. The Kier molecular flexibility index (Phi) is 3.64. The molecule has 0 saturated heterocycles. The number of rotatable bonds is 3. The summed E-state index contributed by atoms with van der Waals surface area (Å²) in [6.45, 7) is 0. The molecule has 0 atom stereocenters. The summed E-state index contributed by atoms with van der Waals surface area (Å²) in [6, 6.07) is 8.83. The largest absolute Gasteiger partial charge is 0.506 e. The molecular formula is C12H9ClFNO3S. The fraction of sp³-hybridized carbons (Fsp3) is 0. The van der Waals surface area contributed by atoms with E-state index in [9.17, 15) is 17.9 Å². The quantitative estimate of drug-likeness (QED) is 0.857. The Hall–Kier alpha value is -1.79. The molecule has 0 spiro atoms. The molecule has 2 aromatic carbocycles. The molecule has 0 bridgehead atoms. The number of phenolic OH excluding ortho intramolecular Hbond substituents is 1. The minimum atomic E-state index is -3.94. The maximum absolute atomic E-state index is 12.8. The highest BCUT2D eigenvalue weighted by atomic mass is 35.5. The summed E-state index contributed by atoms with van der Waals surface area (Å²) in [6.07, 6.45) is 0. The normalized spacial score (nSPS) is 11.3. The van der Waals surface area contributed by atoms with Crippen LogP contribution in [0.2, 0.25) is 5.02 Å². The van der Waals surface area contributed by atoms with E-state index in [0.29, 0.717) is 0 Å². The van der Waals surface area contributed by atoms with Crippen LogP contribution in [-0.2, 0) is 10.0 Å². The lowest BCUT2D eigenvalue weighted by Gasteiger charge is -2.10. The molecule has 2 aromatic rings. The minimum Gasteiger partial charge on any atom is -0.506 e. The lowest BCUT2D eigenvalue weighted by Crippen LogP contribution is -2.13. The van der Waals surface area contributed by atoms with Gasteiger partial charge < -0.3 is 5.11 Å². The summed E-state index contributed by atoms with van der Waals surface area (Å²) >= 11 is 5.80. The maximum atomic E-state index is 12.8. The molecule has 2 rings (SSSR count). The van der Waals surface area contributed by atoms with Crippen LogP contribution < -0.4 is 4.72 Å². The molecule has 0 aromatic heterocycles. The van der Waals surface area contributed by atoms with Crippen LogP contribution >= 0.6 is 11.6 Å². The van der Waals surface area contributed by atoms with Crippen LogP contribution in [0.5, 0.6) is 5.75 Å². The molecule has 19 heavy (non-hydrogen) atoms. The number of nitrogens with one attached hydrogen (secondary N) is 1. The number of hydrogen-bond acceptors (Lipinski definition) is 3. The van der Waals surface area contributed by atoms with Crippen molar-refractivity contribution in [1.82, 2.24) is 0 Å². The second kappa shape index (κ2) is 5.07. The zero-order valence-electron chi connectivity index (χ0n) is 9.47. The van der Waals surface area contributed by atoms with E-state index in [1.54, 1.807) is 6.07 Å². The maximum Gasteiger partial charge on any atom is 0.263 e. The Balaban J connectivity index is 2.40. The van der Waals surface area contributed by atoms with Gasteiger partial charge in [-0.25, -0.2) is 12.8 Å². The van der Waals surface area contributed by atoms with E-state index in [-0.39, 0.29) is 15.6 Å². The van der Waals surface area contributed by atoms with Gasteiger partial charge in [0, 0.05) is 6.07 Å². The third kappa shape index (κ3) is 2.97. The van der Waals surface area contributed by atoms with Gasteiger partial charge in [0.05, 0.1) is 10.7 Å². The van der Waals surface area contributed by atoms with Gasteiger partial charge in [-0.1, -0.05) is 23.7 Å². The summed E-state index contributed by atoms with van der Waals surface area (Å²) in [4.78, 5) is -0.125. The summed E-state index contributed by atoms with van der Waals surface area (Å²) in [7, 11) is -3.94. The number of phenols is 1. The topological polar surface area (TPSA) is 66.4 Å². The monoisotopic (exact) mass is 301 g/mol. The number of aromatic hydroxyl groups is 1. The first-order valence-electron chi connectivity index (χ1n) is 5.16. The molecule has 0 unspecified atom stereocenters. The number of sulfonamides is 1. The van der Waals surface area contributed by atoms with E-state index in [2.05, 4.69) is 4.72 Å². The Morgan fingerprint density at radius 2 is 1.84 bits per heavy atom. The smallest absolute Gasteiger partial charge is 0.263 e. The van der Waals surface area contributed by atoms with Crippen LogP contribution in [0.15, 0.2) is 47.4 Å². The minimum absolute atomic E-state index is 0.0524. The van der Waals surface area contributed by atoms with Crippen molar-refractivity contribution < 1.29 is 17.9 Å². The number of anilines is 1. The summed E-state index contributed by atoms with van der Waals surface area (Å²) in [5, 5.41) is 9.52. The Morgan fingerprint density at radius 1 is 1.16 bits per heavy atom. The highest BCUT2D eigenvalue weighted by Crippen LogP contribution is 2.28. The summed E-state index contributed by atoms with van der Waals surface area (Å²) in [5.74, 6) is -1.17. The van der Waals surface area contributed by atoms with Crippen LogP contribution in [0.25, 0.3) is 0 Å². The van der Waals surface area contributed by atoms with Crippen LogP contribution in [0.1, 0.15) is 0 Å². The van der Waals surface area contributed by atoms with Gasteiger partial charge in [-0.3, -0.25) is 4.72 Å². The predicted octanol–water partition coefficient (Wildman–Crippen LogP) is 2.99. The molecule has 0 aliphatic rings. The molecule has 0 heterocycles. The van der Waals surface area contributed by atoms with Crippen molar-refractivity contribution >= 4 is 27.3 Å².